The van der Waals surface area contributed by atoms with Gasteiger partial charge in [0.1, 0.15) is 6.10 Å². The molecular weight excluding hydrogens is 120 g/mol. The van der Waals surface area contributed by atoms with Gasteiger partial charge in [0.2, 0.25) is 0 Å². The highest BCUT2D eigenvalue weighted by atomic mass is 16.7. The fourth-order valence-corrected chi connectivity index (χ4v) is 0.597. The number of methoxy groups -OCH3 is 1. The van der Waals surface area contributed by atoms with E-state index in [1.165, 1.54) is 0 Å². The SMILES string of the molecule is COC1C=COCOC1. The first kappa shape index (κ1) is 6.58. The first-order valence-corrected chi connectivity index (χ1v) is 2.82. The Balaban J connectivity index is 2.33. The van der Waals surface area contributed by atoms with Gasteiger partial charge in [-0.3, -0.25) is 0 Å². The standard InChI is InChI=1S/C6H10O3/c1-7-6-2-3-8-5-9-4-6/h2-3,6H,4-5H2,1H3. The molecule has 0 aromatic heterocycles. The third-order valence-corrected chi connectivity index (χ3v) is 1.13. The molecule has 0 radical (unpaired) electrons. The molecule has 1 atom stereocenters. The van der Waals surface area contributed by atoms with E-state index < -0.39 is 0 Å². The number of hydrogen-bond donors (Lipinski definition) is 0. The summed E-state index contributed by atoms with van der Waals surface area (Å²) in [5.41, 5.74) is 0. The largest absolute Gasteiger partial charge is 0.475 e. The van der Waals surface area contributed by atoms with Crippen LogP contribution in [0, 0.1) is 0 Å². The molecule has 0 saturated heterocycles. The van der Waals surface area contributed by atoms with E-state index in [9.17, 15) is 0 Å². The van der Waals surface area contributed by atoms with E-state index in [-0.39, 0.29) is 6.10 Å². The molecule has 0 saturated carbocycles. The Morgan fingerprint density at radius 3 is 3.33 bits per heavy atom. The van der Waals surface area contributed by atoms with Gasteiger partial charge >= 0.3 is 0 Å². The van der Waals surface area contributed by atoms with Gasteiger partial charge in [-0.15, -0.1) is 0 Å². The average molecular weight is 130 g/mol. The maximum absolute atomic E-state index is 4.99. The van der Waals surface area contributed by atoms with Crippen LogP contribution in [-0.2, 0) is 14.2 Å². The Labute approximate surface area is 54.2 Å². The zero-order chi connectivity index (χ0) is 6.53. The second kappa shape index (κ2) is 3.48. The van der Waals surface area contributed by atoms with Gasteiger partial charge in [-0.05, 0) is 6.08 Å². The predicted molar refractivity (Wildman–Crippen MR) is 31.8 cm³/mol. The molecule has 3 nitrogen and oxygen atoms in total. The highest BCUT2D eigenvalue weighted by Gasteiger charge is 2.04. The molecular formula is C6H10O3. The molecule has 0 bridgehead atoms. The van der Waals surface area contributed by atoms with Crippen LogP contribution in [0.2, 0.25) is 0 Å². The van der Waals surface area contributed by atoms with E-state index in [2.05, 4.69) is 0 Å². The van der Waals surface area contributed by atoms with Crippen molar-refractivity contribution in [3.8, 4) is 0 Å². The van der Waals surface area contributed by atoms with Gasteiger partial charge in [0.05, 0.1) is 12.9 Å². The molecule has 0 aromatic rings. The Hall–Kier alpha value is -0.540. The van der Waals surface area contributed by atoms with Crippen LogP contribution in [-0.4, -0.2) is 26.6 Å². The lowest BCUT2D eigenvalue weighted by molar-refractivity contribution is -0.0330. The average Bonchev–Trinajstić information content (AvgIpc) is 2.13. The van der Waals surface area contributed by atoms with Crippen LogP contribution in [0.3, 0.4) is 0 Å². The van der Waals surface area contributed by atoms with Crippen LogP contribution in [0.1, 0.15) is 0 Å². The van der Waals surface area contributed by atoms with Crippen LogP contribution in [0.15, 0.2) is 12.3 Å². The predicted octanol–water partition coefficient (Wildman–Crippen LogP) is 0.519. The van der Waals surface area contributed by atoms with Crippen molar-refractivity contribution in [3.63, 3.8) is 0 Å². The summed E-state index contributed by atoms with van der Waals surface area (Å²) in [7, 11) is 1.64. The van der Waals surface area contributed by atoms with E-state index >= 15 is 0 Å². The summed E-state index contributed by atoms with van der Waals surface area (Å²) >= 11 is 0. The minimum absolute atomic E-state index is 0.0486. The van der Waals surface area contributed by atoms with E-state index in [0.29, 0.717) is 13.4 Å². The summed E-state index contributed by atoms with van der Waals surface area (Å²) in [6.45, 7) is 0.906. The van der Waals surface area contributed by atoms with Crippen molar-refractivity contribution in [2.24, 2.45) is 0 Å². The van der Waals surface area contributed by atoms with Crippen molar-refractivity contribution in [1.82, 2.24) is 0 Å². The molecule has 0 N–H and O–H groups in total. The monoisotopic (exact) mass is 130 g/mol. The minimum atomic E-state index is 0.0486. The molecule has 52 valence electrons. The van der Waals surface area contributed by atoms with Gasteiger partial charge in [-0.2, -0.15) is 0 Å². The molecule has 0 aromatic carbocycles. The smallest absolute Gasteiger partial charge is 0.188 e. The van der Waals surface area contributed by atoms with Crippen molar-refractivity contribution in [2.45, 2.75) is 6.10 Å². The topological polar surface area (TPSA) is 27.7 Å². The summed E-state index contributed by atoms with van der Waals surface area (Å²) < 4.78 is 14.8. The number of hydrogen-bond acceptors (Lipinski definition) is 3. The van der Waals surface area contributed by atoms with Crippen LogP contribution in [0.4, 0.5) is 0 Å². The molecule has 0 spiro atoms. The minimum Gasteiger partial charge on any atom is -0.475 e. The second-order valence-electron chi connectivity index (χ2n) is 1.76. The van der Waals surface area contributed by atoms with Gasteiger partial charge in [0.25, 0.3) is 0 Å². The molecule has 9 heavy (non-hydrogen) atoms. The van der Waals surface area contributed by atoms with Crippen LogP contribution in [0.25, 0.3) is 0 Å². The summed E-state index contributed by atoms with van der Waals surface area (Å²) in [6, 6.07) is 0. The molecule has 0 fully saturated rings. The molecule has 1 aliphatic heterocycles. The Bertz CT molecular complexity index is 100. The third-order valence-electron chi connectivity index (χ3n) is 1.13. The van der Waals surface area contributed by atoms with E-state index in [1.807, 2.05) is 6.08 Å². The number of ether oxygens (including phenoxy) is 3. The lowest BCUT2D eigenvalue weighted by atomic mass is 10.4. The first-order valence-electron chi connectivity index (χ1n) is 2.82. The fraction of sp³-hybridized carbons (Fsp3) is 0.667. The van der Waals surface area contributed by atoms with E-state index in [4.69, 9.17) is 14.2 Å². The Kier molecular flexibility index (Phi) is 2.54. The summed E-state index contributed by atoms with van der Waals surface area (Å²) in [4.78, 5) is 0. The molecule has 1 aliphatic rings. The third kappa shape index (κ3) is 2.03. The van der Waals surface area contributed by atoms with E-state index in [1.54, 1.807) is 13.4 Å². The first-order chi connectivity index (χ1) is 4.43. The highest BCUT2D eigenvalue weighted by molar-refractivity contribution is 4.84. The van der Waals surface area contributed by atoms with Gasteiger partial charge in [-0.25, -0.2) is 0 Å². The zero-order valence-electron chi connectivity index (χ0n) is 5.37. The zero-order valence-corrected chi connectivity index (χ0v) is 5.37. The molecule has 0 amide bonds. The quantitative estimate of drug-likeness (QED) is 0.518. The van der Waals surface area contributed by atoms with Crippen LogP contribution >= 0.6 is 0 Å². The molecule has 1 rings (SSSR count). The van der Waals surface area contributed by atoms with Crippen molar-refractivity contribution < 1.29 is 14.2 Å². The van der Waals surface area contributed by atoms with Crippen molar-refractivity contribution in [2.75, 3.05) is 20.5 Å². The van der Waals surface area contributed by atoms with Gasteiger partial charge in [0, 0.05) is 7.11 Å². The van der Waals surface area contributed by atoms with Gasteiger partial charge < -0.3 is 14.2 Å². The van der Waals surface area contributed by atoms with Crippen molar-refractivity contribution in [3.05, 3.63) is 12.3 Å². The maximum atomic E-state index is 4.99. The van der Waals surface area contributed by atoms with Gasteiger partial charge in [0.15, 0.2) is 6.79 Å². The van der Waals surface area contributed by atoms with E-state index in [0.717, 1.165) is 0 Å². The molecule has 1 unspecified atom stereocenters. The number of rotatable bonds is 1. The van der Waals surface area contributed by atoms with Crippen LogP contribution < -0.4 is 0 Å². The lowest BCUT2D eigenvalue weighted by Gasteiger charge is -2.05. The second-order valence-corrected chi connectivity index (χ2v) is 1.76. The Morgan fingerprint density at radius 1 is 1.67 bits per heavy atom. The summed E-state index contributed by atoms with van der Waals surface area (Å²) in [5.74, 6) is 0. The summed E-state index contributed by atoms with van der Waals surface area (Å²) in [5, 5.41) is 0. The lowest BCUT2D eigenvalue weighted by Crippen LogP contribution is -2.13. The molecule has 1 heterocycles. The normalized spacial score (nSPS) is 27.0. The highest BCUT2D eigenvalue weighted by Crippen LogP contribution is 1.98. The molecule has 3 heteroatoms. The van der Waals surface area contributed by atoms with Crippen molar-refractivity contribution in [1.29, 1.82) is 0 Å². The van der Waals surface area contributed by atoms with Crippen LogP contribution in [0.5, 0.6) is 0 Å². The maximum Gasteiger partial charge on any atom is 0.188 e. The fourth-order valence-electron chi connectivity index (χ4n) is 0.597. The summed E-state index contributed by atoms with van der Waals surface area (Å²) in [6.07, 6.45) is 3.47. The Morgan fingerprint density at radius 2 is 2.56 bits per heavy atom. The van der Waals surface area contributed by atoms with Gasteiger partial charge in [-0.1, -0.05) is 0 Å². The van der Waals surface area contributed by atoms with Crippen molar-refractivity contribution >= 4 is 0 Å². The molecule has 0 aliphatic carbocycles.